The summed E-state index contributed by atoms with van der Waals surface area (Å²) in [7, 11) is 3.46. The van der Waals surface area contributed by atoms with Gasteiger partial charge in [0.15, 0.2) is 0 Å². The molecule has 0 aliphatic heterocycles. The van der Waals surface area contributed by atoms with Gasteiger partial charge in [-0.15, -0.1) is 0 Å². The van der Waals surface area contributed by atoms with Crippen LogP contribution in [-0.2, 0) is 4.74 Å². The van der Waals surface area contributed by atoms with E-state index in [1.165, 1.54) is 6.33 Å². The van der Waals surface area contributed by atoms with Crippen molar-refractivity contribution >= 4 is 11.6 Å². The zero-order chi connectivity index (χ0) is 12.5. The molecule has 1 rings (SSSR count). The second kappa shape index (κ2) is 7.41. The Kier molecular flexibility index (Phi) is 5.75. The summed E-state index contributed by atoms with van der Waals surface area (Å²) in [4.78, 5) is 10.3. The molecule has 0 atom stereocenters. The molecule has 0 saturated carbocycles. The van der Waals surface area contributed by atoms with Crippen LogP contribution in [0.15, 0.2) is 12.4 Å². The van der Waals surface area contributed by atoms with Crippen molar-refractivity contribution in [2.24, 2.45) is 0 Å². The van der Waals surface area contributed by atoms with Gasteiger partial charge in [-0.2, -0.15) is 5.26 Å². The van der Waals surface area contributed by atoms with E-state index in [1.807, 2.05) is 11.0 Å². The molecule has 0 aromatic carbocycles. The largest absolute Gasteiger partial charge is 0.383 e. The highest BCUT2D eigenvalue weighted by Crippen LogP contribution is 2.13. The van der Waals surface area contributed by atoms with Crippen molar-refractivity contribution in [3.8, 4) is 6.07 Å². The Balaban J connectivity index is 2.75. The van der Waals surface area contributed by atoms with E-state index in [0.717, 1.165) is 11.6 Å². The first-order valence-electron chi connectivity index (χ1n) is 5.42. The number of nitrogens with zero attached hydrogens (tertiary/aromatic N) is 4. The molecule has 1 aromatic rings. The van der Waals surface area contributed by atoms with Gasteiger partial charge in [0.1, 0.15) is 18.0 Å². The van der Waals surface area contributed by atoms with Gasteiger partial charge in [-0.3, -0.25) is 0 Å². The second-order valence-electron chi connectivity index (χ2n) is 3.40. The number of nitrogens with one attached hydrogen (secondary N) is 1. The van der Waals surface area contributed by atoms with Crippen molar-refractivity contribution in [3.63, 3.8) is 0 Å². The maximum atomic E-state index is 8.64. The smallest absolute Gasteiger partial charge is 0.134 e. The molecule has 0 fully saturated rings. The summed E-state index contributed by atoms with van der Waals surface area (Å²) >= 11 is 0. The van der Waals surface area contributed by atoms with Crippen LogP contribution in [0, 0.1) is 11.3 Å². The molecule has 0 bridgehead atoms. The van der Waals surface area contributed by atoms with Crippen molar-refractivity contribution < 1.29 is 4.74 Å². The summed E-state index contributed by atoms with van der Waals surface area (Å²) < 4.78 is 5.05. The second-order valence-corrected chi connectivity index (χ2v) is 3.40. The minimum atomic E-state index is 0.461. The SMILES string of the molecule is CNc1cc(N(CCC#N)CCOC)ncn1. The number of anilines is 2. The van der Waals surface area contributed by atoms with Crippen molar-refractivity contribution in [2.45, 2.75) is 6.42 Å². The van der Waals surface area contributed by atoms with E-state index >= 15 is 0 Å². The lowest BCUT2D eigenvalue weighted by atomic mass is 10.3. The Morgan fingerprint density at radius 2 is 2.29 bits per heavy atom. The molecule has 0 spiro atoms. The summed E-state index contributed by atoms with van der Waals surface area (Å²) in [6.07, 6.45) is 1.97. The van der Waals surface area contributed by atoms with E-state index in [2.05, 4.69) is 21.4 Å². The minimum Gasteiger partial charge on any atom is -0.383 e. The highest BCUT2D eigenvalue weighted by atomic mass is 16.5. The van der Waals surface area contributed by atoms with Gasteiger partial charge in [-0.05, 0) is 0 Å². The lowest BCUT2D eigenvalue weighted by Crippen LogP contribution is -2.29. The van der Waals surface area contributed by atoms with Crippen LogP contribution in [0.1, 0.15) is 6.42 Å². The third-order valence-electron chi connectivity index (χ3n) is 2.29. The number of hydrogen-bond acceptors (Lipinski definition) is 6. The first-order chi connectivity index (χ1) is 8.31. The first-order valence-corrected chi connectivity index (χ1v) is 5.42. The van der Waals surface area contributed by atoms with Gasteiger partial charge < -0.3 is 15.0 Å². The summed E-state index contributed by atoms with van der Waals surface area (Å²) in [5.41, 5.74) is 0. The van der Waals surface area contributed by atoms with Crippen LogP contribution in [-0.4, -0.2) is 43.8 Å². The zero-order valence-corrected chi connectivity index (χ0v) is 10.2. The molecule has 1 aromatic heterocycles. The van der Waals surface area contributed by atoms with Crippen LogP contribution in [0.5, 0.6) is 0 Å². The van der Waals surface area contributed by atoms with E-state index in [4.69, 9.17) is 10.00 Å². The van der Waals surface area contributed by atoms with E-state index in [1.54, 1.807) is 14.2 Å². The van der Waals surface area contributed by atoms with E-state index in [9.17, 15) is 0 Å². The molecule has 1 heterocycles. The summed E-state index contributed by atoms with van der Waals surface area (Å²) in [5, 5.41) is 11.6. The lowest BCUT2D eigenvalue weighted by molar-refractivity contribution is 0.205. The predicted molar refractivity (Wildman–Crippen MR) is 65.9 cm³/mol. The molecular weight excluding hydrogens is 218 g/mol. The number of aromatic nitrogens is 2. The van der Waals surface area contributed by atoms with Gasteiger partial charge in [0, 0.05) is 33.3 Å². The average Bonchev–Trinajstić information content (AvgIpc) is 2.39. The molecule has 0 aliphatic rings. The van der Waals surface area contributed by atoms with Gasteiger partial charge in [0.05, 0.1) is 19.1 Å². The van der Waals surface area contributed by atoms with Gasteiger partial charge in [-0.25, -0.2) is 9.97 Å². The standard InChI is InChI=1S/C11H17N5O/c1-13-10-8-11(15-9-14-10)16(5-3-4-12)6-7-17-2/h8-9H,3,5-7H2,1-2H3,(H,13,14,15). The topological polar surface area (TPSA) is 74.1 Å². The fraction of sp³-hybridized carbons (Fsp3) is 0.545. The van der Waals surface area contributed by atoms with Crippen LogP contribution in [0.2, 0.25) is 0 Å². The lowest BCUT2D eigenvalue weighted by Gasteiger charge is -2.22. The Labute approximate surface area is 101 Å². The highest BCUT2D eigenvalue weighted by molar-refractivity contribution is 5.48. The van der Waals surface area contributed by atoms with Crippen molar-refractivity contribution in [3.05, 3.63) is 12.4 Å². The van der Waals surface area contributed by atoms with Crippen molar-refractivity contribution in [1.82, 2.24) is 9.97 Å². The molecule has 92 valence electrons. The minimum absolute atomic E-state index is 0.461. The molecule has 1 N–H and O–H groups in total. The van der Waals surface area contributed by atoms with Crippen LogP contribution >= 0.6 is 0 Å². The number of rotatable bonds is 7. The number of hydrogen-bond donors (Lipinski definition) is 1. The van der Waals surface area contributed by atoms with Gasteiger partial charge in [0.25, 0.3) is 0 Å². The molecule has 0 radical (unpaired) electrons. The first kappa shape index (κ1) is 13.2. The maximum Gasteiger partial charge on any atom is 0.134 e. The van der Waals surface area contributed by atoms with E-state index < -0.39 is 0 Å². The van der Waals surface area contributed by atoms with Crippen molar-refractivity contribution in [1.29, 1.82) is 5.26 Å². The predicted octanol–water partition coefficient (Wildman–Crippen LogP) is 0.885. The molecule has 0 unspecified atom stereocenters. The molecular formula is C11H17N5O. The molecule has 6 nitrogen and oxygen atoms in total. The summed E-state index contributed by atoms with van der Waals surface area (Å²) in [6.45, 7) is 1.95. The summed E-state index contributed by atoms with van der Waals surface area (Å²) in [6, 6.07) is 3.99. The molecule has 0 saturated heterocycles. The third-order valence-corrected chi connectivity index (χ3v) is 2.29. The Hall–Kier alpha value is -1.87. The van der Waals surface area contributed by atoms with Crippen LogP contribution in [0.3, 0.4) is 0 Å². The van der Waals surface area contributed by atoms with E-state index in [0.29, 0.717) is 26.1 Å². The zero-order valence-electron chi connectivity index (χ0n) is 10.2. The molecule has 0 amide bonds. The van der Waals surface area contributed by atoms with E-state index in [-0.39, 0.29) is 0 Å². The maximum absolute atomic E-state index is 8.64. The number of ether oxygens (including phenoxy) is 1. The number of nitriles is 1. The molecule has 6 heteroatoms. The highest BCUT2D eigenvalue weighted by Gasteiger charge is 2.08. The van der Waals surface area contributed by atoms with Gasteiger partial charge >= 0.3 is 0 Å². The number of methoxy groups -OCH3 is 1. The summed E-state index contributed by atoms with van der Waals surface area (Å²) in [5.74, 6) is 1.56. The van der Waals surface area contributed by atoms with Crippen LogP contribution < -0.4 is 10.2 Å². The normalized spacial score (nSPS) is 9.71. The monoisotopic (exact) mass is 235 g/mol. The Morgan fingerprint density at radius 1 is 1.47 bits per heavy atom. The Bertz CT molecular complexity index is 376. The van der Waals surface area contributed by atoms with Gasteiger partial charge in [-0.1, -0.05) is 0 Å². The van der Waals surface area contributed by atoms with Crippen LogP contribution in [0.4, 0.5) is 11.6 Å². The third kappa shape index (κ3) is 4.25. The fourth-order valence-electron chi connectivity index (χ4n) is 1.38. The average molecular weight is 235 g/mol. The van der Waals surface area contributed by atoms with Gasteiger partial charge in [0.2, 0.25) is 0 Å². The fourth-order valence-corrected chi connectivity index (χ4v) is 1.38. The van der Waals surface area contributed by atoms with Crippen LogP contribution in [0.25, 0.3) is 0 Å². The Morgan fingerprint density at radius 3 is 2.94 bits per heavy atom. The van der Waals surface area contributed by atoms with Crippen molar-refractivity contribution in [2.75, 3.05) is 44.1 Å². The quantitative estimate of drug-likeness (QED) is 0.756. The molecule has 17 heavy (non-hydrogen) atoms. The molecule has 0 aliphatic carbocycles.